The van der Waals surface area contributed by atoms with E-state index in [2.05, 4.69) is 6.58 Å². The Morgan fingerprint density at radius 3 is 2.00 bits per heavy atom. The first-order valence-electron chi connectivity index (χ1n) is 10.1. The fourth-order valence-corrected chi connectivity index (χ4v) is 4.47. The molecule has 0 aromatic rings. The van der Waals surface area contributed by atoms with Gasteiger partial charge >= 0.3 is 12.1 Å². The monoisotopic (exact) mass is 406 g/mol. The molecule has 2 aliphatic rings. The zero-order valence-corrected chi connectivity index (χ0v) is 17.3. The van der Waals surface area contributed by atoms with Gasteiger partial charge in [0, 0.05) is 5.57 Å². The third kappa shape index (κ3) is 4.56. The van der Waals surface area contributed by atoms with E-state index in [1.54, 1.807) is 6.92 Å². The summed E-state index contributed by atoms with van der Waals surface area (Å²) >= 11 is 0. The molecular weight excluding hydrogens is 373 g/mol. The Labute approximate surface area is 165 Å². The molecule has 7 heteroatoms. The number of esters is 1. The summed E-state index contributed by atoms with van der Waals surface area (Å²) in [6.07, 6.45) is 0.947. The molecule has 1 atom stereocenters. The molecule has 0 heterocycles. The highest BCUT2D eigenvalue weighted by Gasteiger charge is 2.62. The van der Waals surface area contributed by atoms with Crippen molar-refractivity contribution in [2.45, 2.75) is 108 Å². The Kier molecular flexibility index (Phi) is 6.61. The summed E-state index contributed by atoms with van der Waals surface area (Å²) in [5, 5.41) is 10.2. The second kappa shape index (κ2) is 7.98. The average molecular weight is 406 g/mol. The molecule has 0 amide bonds. The topological polar surface area (TPSA) is 55.8 Å². The van der Waals surface area contributed by atoms with Crippen molar-refractivity contribution in [1.82, 2.24) is 0 Å². The maximum absolute atomic E-state index is 13.4. The lowest BCUT2D eigenvalue weighted by molar-refractivity contribution is -0.334. The first-order valence-corrected chi connectivity index (χ1v) is 10.1. The number of rotatable bonds is 6. The summed E-state index contributed by atoms with van der Waals surface area (Å²) in [4.78, 5) is 11.7. The van der Waals surface area contributed by atoms with E-state index in [1.165, 1.54) is 13.8 Å². The number of alkyl halides is 3. The molecule has 1 N–H and O–H groups in total. The van der Waals surface area contributed by atoms with Crippen LogP contribution in [0, 0.1) is 5.92 Å². The van der Waals surface area contributed by atoms with Crippen molar-refractivity contribution >= 4 is 5.97 Å². The summed E-state index contributed by atoms with van der Waals surface area (Å²) in [5.41, 5.74) is -5.06. The van der Waals surface area contributed by atoms with Gasteiger partial charge in [0.2, 0.25) is 0 Å². The summed E-state index contributed by atoms with van der Waals surface area (Å²) < 4.78 is 51.9. The molecule has 4 nitrogen and oxygen atoms in total. The lowest BCUT2D eigenvalue weighted by Crippen LogP contribution is -2.62. The van der Waals surface area contributed by atoms with Crippen molar-refractivity contribution in [3.8, 4) is 0 Å². The van der Waals surface area contributed by atoms with E-state index in [1.807, 2.05) is 0 Å². The number of aliphatic hydroxyl groups is 1. The second-order valence-corrected chi connectivity index (χ2v) is 9.11. The SMILES string of the molecule is C=C(C)C(=O)OC1CCC(C2(OC(C)(C)C(C)(O)C(F)(F)F)CCCC2)CC1. The van der Waals surface area contributed by atoms with Crippen LogP contribution in [-0.2, 0) is 14.3 Å². The van der Waals surface area contributed by atoms with Gasteiger partial charge in [-0.1, -0.05) is 19.4 Å². The Hall–Kier alpha value is -1.08. The maximum atomic E-state index is 13.4. The van der Waals surface area contributed by atoms with E-state index < -0.39 is 28.9 Å². The molecule has 0 aromatic heterocycles. The summed E-state index contributed by atoms with van der Waals surface area (Å²) in [6, 6.07) is 0. The zero-order chi connectivity index (χ0) is 21.4. The van der Waals surface area contributed by atoms with E-state index in [9.17, 15) is 23.1 Å². The van der Waals surface area contributed by atoms with Gasteiger partial charge in [0.1, 0.15) is 11.7 Å². The maximum Gasteiger partial charge on any atom is 0.419 e. The van der Waals surface area contributed by atoms with Crippen molar-refractivity contribution in [3.05, 3.63) is 12.2 Å². The Morgan fingerprint density at radius 2 is 1.57 bits per heavy atom. The molecule has 162 valence electrons. The van der Waals surface area contributed by atoms with Crippen LogP contribution in [0.25, 0.3) is 0 Å². The van der Waals surface area contributed by atoms with Crippen molar-refractivity contribution in [2.75, 3.05) is 0 Å². The largest absolute Gasteiger partial charge is 0.459 e. The second-order valence-electron chi connectivity index (χ2n) is 9.11. The van der Waals surface area contributed by atoms with Crippen LogP contribution in [0.2, 0.25) is 0 Å². The summed E-state index contributed by atoms with van der Waals surface area (Å²) in [5.74, 6) is -0.323. The van der Waals surface area contributed by atoms with Crippen LogP contribution in [0.15, 0.2) is 12.2 Å². The minimum Gasteiger partial charge on any atom is -0.459 e. The predicted octanol–water partition coefficient (Wildman–Crippen LogP) is 5.09. The van der Waals surface area contributed by atoms with Crippen LogP contribution in [0.4, 0.5) is 13.2 Å². The zero-order valence-electron chi connectivity index (χ0n) is 17.3. The average Bonchev–Trinajstić information content (AvgIpc) is 3.03. The minimum atomic E-state index is -4.79. The van der Waals surface area contributed by atoms with Gasteiger partial charge in [-0.25, -0.2) is 4.79 Å². The molecule has 0 bridgehead atoms. The molecule has 0 aromatic carbocycles. The molecule has 0 aliphatic heterocycles. The number of hydrogen-bond acceptors (Lipinski definition) is 4. The molecule has 28 heavy (non-hydrogen) atoms. The highest BCUT2D eigenvalue weighted by Crippen LogP contribution is 2.51. The normalized spacial score (nSPS) is 27.9. The Morgan fingerprint density at radius 1 is 1.07 bits per heavy atom. The predicted molar refractivity (Wildman–Crippen MR) is 99.7 cm³/mol. The smallest absolute Gasteiger partial charge is 0.419 e. The highest BCUT2D eigenvalue weighted by molar-refractivity contribution is 5.87. The molecular formula is C21H33F3O4. The van der Waals surface area contributed by atoms with Gasteiger partial charge in [-0.15, -0.1) is 0 Å². The third-order valence-corrected chi connectivity index (χ3v) is 6.67. The number of carbonyl (C=O) groups excluding carboxylic acids is 1. The molecule has 0 spiro atoms. The van der Waals surface area contributed by atoms with Crippen molar-refractivity contribution in [3.63, 3.8) is 0 Å². The number of halogens is 3. The first kappa shape index (κ1) is 23.2. The van der Waals surface area contributed by atoms with Gasteiger partial charge in [0.05, 0.1) is 5.60 Å². The van der Waals surface area contributed by atoms with Gasteiger partial charge < -0.3 is 14.6 Å². The van der Waals surface area contributed by atoms with Crippen molar-refractivity contribution < 1.29 is 32.5 Å². The molecule has 2 fully saturated rings. The molecule has 0 radical (unpaired) electrons. The molecule has 1 unspecified atom stereocenters. The van der Waals surface area contributed by atoms with Gasteiger partial charge in [0.25, 0.3) is 0 Å². The Balaban J connectivity index is 2.11. The fourth-order valence-electron chi connectivity index (χ4n) is 4.47. The quantitative estimate of drug-likeness (QED) is 0.493. The third-order valence-electron chi connectivity index (χ3n) is 6.67. The van der Waals surface area contributed by atoms with Crippen LogP contribution in [0.1, 0.15) is 79.1 Å². The van der Waals surface area contributed by atoms with Gasteiger partial charge in [-0.3, -0.25) is 0 Å². The molecule has 2 aliphatic carbocycles. The fraction of sp³-hybridized carbons (Fsp3) is 0.857. The molecule has 2 saturated carbocycles. The summed E-state index contributed by atoms with van der Waals surface area (Å²) in [6.45, 7) is 8.61. The van der Waals surface area contributed by atoms with Crippen molar-refractivity contribution in [1.29, 1.82) is 0 Å². The van der Waals surface area contributed by atoms with Crippen molar-refractivity contribution in [2.24, 2.45) is 5.92 Å². The van der Waals surface area contributed by atoms with E-state index in [4.69, 9.17) is 9.47 Å². The van der Waals surface area contributed by atoms with Crippen LogP contribution < -0.4 is 0 Å². The lowest BCUT2D eigenvalue weighted by atomic mass is 9.73. The number of carbonyl (C=O) groups is 1. The highest BCUT2D eigenvalue weighted by atomic mass is 19.4. The minimum absolute atomic E-state index is 0.0816. The molecule has 0 saturated heterocycles. The van der Waals surface area contributed by atoms with Crippen LogP contribution in [-0.4, -0.2) is 40.2 Å². The van der Waals surface area contributed by atoms with Crippen LogP contribution >= 0.6 is 0 Å². The van der Waals surface area contributed by atoms with E-state index in [0.29, 0.717) is 31.3 Å². The van der Waals surface area contributed by atoms with E-state index >= 15 is 0 Å². The standard InChI is InChI=1S/C21H33F3O4/c1-14(2)17(25)27-16-10-8-15(9-11-16)20(12-6-7-13-20)28-18(3,4)19(5,26)21(22,23)24/h15-16,26H,1,6-13H2,2-5H3. The van der Waals surface area contributed by atoms with Gasteiger partial charge in [-0.2, -0.15) is 13.2 Å². The van der Waals surface area contributed by atoms with E-state index in [-0.39, 0.29) is 12.0 Å². The van der Waals surface area contributed by atoms with Gasteiger partial charge in [-0.05, 0) is 72.1 Å². The van der Waals surface area contributed by atoms with Gasteiger partial charge in [0.15, 0.2) is 5.60 Å². The number of hydrogen-bond donors (Lipinski definition) is 1. The van der Waals surface area contributed by atoms with E-state index in [0.717, 1.165) is 32.6 Å². The lowest BCUT2D eigenvalue weighted by Gasteiger charge is -2.50. The summed E-state index contributed by atoms with van der Waals surface area (Å²) in [7, 11) is 0. The van der Waals surface area contributed by atoms with Crippen LogP contribution in [0.3, 0.4) is 0 Å². The first-order chi connectivity index (χ1) is 12.7. The Bertz CT molecular complexity index is 581. The van der Waals surface area contributed by atoms with Crippen LogP contribution in [0.5, 0.6) is 0 Å². The molecule has 2 rings (SSSR count). The number of ether oxygens (including phenoxy) is 2.